The van der Waals surface area contributed by atoms with E-state index in [1.54, 1.807) is 13.8 Å². The van der Waals surface area contributed by atoms with Gasteiger partial charge in [-0.2, -0.15) is 0 Å². The first-order chi connectivity index (χ1) is 15.7. The zero-order valence-corrected chi connectivity index (χ0v) is 18.5. The maximum atomic E-state index is 12.6. The van der Waals surface area contributed by atoms with E-state index in [1.165, 1.54) is 12.2 Å². The molecule has 0 bridgehead atoms. The Kier molecular flexibility index (Phi) is 5.13. The van der Waals surface area contributed by atoms with E-state index in [4.69, 9.17) is 28.4 Å². The highest BCUT2D eigenvalue weighted by molar-refractivity contribution is 5.87. The summed E-state index contributed by atoms with van der Waals surface area (Å²) in [6, 6.07) is 0. The maximum Gasteiger partial charge on any atom is 0.334 e. The SMILES string of the molecule is C[C@]12C[C@H]3C(=O)OCCOC(=O)[C@H]4C[C@]5(C)OC(=O)C=C(OCCCOC(=CC(=O)O1)C32)C45. The molecule has 5 rings (SSSR count). The molecule has 178 valence electrons. The largest absolute Gasteiger partial charge is 0.497 e. The highest BCUT2D eigenvalue weighted by Crippen LogP contribution is 2.54. The summed E-state index contributed by atoms with van der Waals surface area (Å²) in [5, 5.41) is 0. The molecule has 0 radical (unpaired) electrons. The molecule has 3 heterocycles. The minimum absolute atomic E-state index is 0.0902. The molecule has 10 heteroatoms. The van der Waals surface area contributed by atoms with Crippen molar-refractivity contribution < 1.29 is 47.6 Å². The Balaban J connectivity index is 1.34. The number of carbonyl (C=O) groups is 4. The number of esters is 4. The molecule has 0 N–H and O–H groups in total. The van der Waals surface area contributed by atoms with E-state index in [0.717, 1.165) is 0 Å². The van der Waals surface area contributed by atoms with Gasteiger partial charge >= 0.3 is 23.9 Å². The molecule has 3 fully saturated rings. The molecule has 5 aliphatic rings. The number of rotatable bonds is 0. The molecule has 0 amide bonds. The molecule has 1 saturated heterocycles. The Morgan fingerprint density at radius 3 is 1.52 bits per heavy atom. The van der Waals surface area contributed by atoms with Crippen molar-refractivity contribution in [2.75, 3.05) is 26.4 Å². The quantitative estimate of drug-likeness (QED) is 0.383. The predicted octanol–water partition coefficient (Wildman–Crippen LogP) is 1.18. The molecular formula is C23H26O10. The lowest BCUT2D eigenvalue weighted by atomic mass is 9.60. The van der Waals surface area contributed by atoms with Gasteiger partial charge in [0.1, 0.15) is 35.9 Å². The molecule has 2 unspecified atom stereocenters. The number of hydrogen-bond acceptors (Lipinski definition) is 10. The fourth-order valence-electron chi connectivity index (χ4n) is 5.67. The fourth-order valence-corrected chi connectivity index (χ4v) is 5.67. The summed E-state index contributed by atoms with van der Waals surface area (Å²) in [4.78, 5) is 49.3. The lowest BCUT2D eigenvalue weighted by molar-refractivity contribution is -0.205. The number of hydrogen-bond donors (Lipinski definition) is 0. The third kappa shape index (κ3) is 3.65. The molecule has 6 atom stereocenters. The molecule has 3 aliphatic heterocycles. The monoisotopic (exact) mass is 462 g/mol. The standard InChI is InChI=1S/C23H26O10/c1-22-10-12-18(22)14(8-16(24)32-22)28-4-3-5-29-15-9-17(25)33-23(2)11-13(19(15)23)21(27)31-7-6-30-20(12)26/h8-9,12-13,18-19H,3-7,10-11H2,1-2H3/t12-,13+,18?,19?,22-,23+. The van der Waals surface area contributed by atoms with E-state index in [0.29, 0.717) is 30.8 Å². The smallest absolute Gasteiger partial charge is 0.334 e. The lowest BCUT2D eigenvalue weighted by Gasteiger charge is -2.52. The van der Waals surface area contributed by atoms with Crippen LogP contribution in [-0.4, -0.2) is 61.5 Å². The molecular weight excluding hydrogens is 436 g/mol. The molecule has 2 aliphatic carbocycles. The third-order valence-electron chi connectivity index (χ3n) is 7.18. The van der Waals surface area contributed by atoms with Crippen molar-refractivity contribution >= 4 is 23.9 Å². The van der Waals surface area contributed by atoms with Gasteiger partial charge in [-0.3, -0.25) is 9.59 Å². The molecule has 0 aromatic heterocycles. The van der Waals surface area contributed by atoms with Gasteiger partial charge in [0, 0.05) is 19.3 Å². The number of carbonyl (C=O) groups excluding carboxylic acids is 4. The summed E-state index contributed by atoms with van der Waals surface area (Å²) < 4.78 is 33.3. The average molecular weight is 462 g/mol. The van der Waals surface area contributed by atoms with E-state index in [2.05, 4.69) is 0 Å². The van der Waals surface area contributed by atoms with E-state index in [9.17, 15) is 19.2 Å². The van der Waals surface area contributed by atoms with Gasteiger partial charge in [-0.15, -0.1) is 0 Å². The van der Waals surface area contributed by atoms with Crippen LogP contribution in [0.15, 0.2) is 23.7 Å². The fraction of sp³-hybridized carbons (Fsp3) is 0.652. The zero-order valence-electron chi connectivity index (χ0n) is 18.5. The Labute approximate surface area is 190 Å². The van der Waals surface area contributed by atoms with Crippen molar-refractivity contribution in [3.63, 3.8) is 0 Å². The van der Waals surface area contributed by atoms with Crippen molar-refractivity contribution in [1.82, 2.24) is 0 Å². The molecule has 10 nitrogen and oxygen atoms in total. The zero-order chi connectivity index (χ0) is 23.4. The Bertz CT molecular complexity index is 890. The van der Waals surface area contributed by atoms with Gasteiger partial charge in [0.15, 0.2) is 0 Å². The van der Waals surface area contributed by atoms with Gasteiger partial charge in [0.05, 0.1) is 49.0 Å². The van der Waals surface area contributed by atoms with Crippen LogP contribution in [-0.2, 0) is 47.6 Å². The summed E-state index contributed by atoms with van der Waals surface area (Å²) in [5.74, 6) is -3.03. The van der Waals surface area contributed by atoms with Gasteiger partial charge in [-0.25, -0.2) is 9.59 Å². The van der Waals surface area contributed by atoms with Gasteiger partial charge in [-0.05, 0) is 13.8 Å². The minimum atomic E-state index is -0.826. The van der Waals surface area contributed by atoms with Crippen molar-refractivity contribution in [2.45, 2.75) is 44.3 Å². The van der Waals surface area contributed by atoms with Crippen molar-refractivity contribution in [3.8, 4) is 0 Å². The molecule has 2 saturated carbocycles. The van der Waals surface area contributed by atoms with Crippen molar-refractivity contribution in [2.24, 2.45) is 23.7 Å². The second kappa shape index (κ2) is 7.78. The van der Waals surface area contributed by atoms with Crippen LogP contribution in [0.2, 0.25) is 0 Å². The van der Waals surface area contributed by atoms with E-state index in [-0.39, 0.29) is 26.4 Å². The summed E-state index contributed by atoms with van der Waals surface area (Å²) in [7, 11) is 0. The van der Waals surface area contributed by atoms with Gasteiger partial charge < -0.3 is 28.4 Å². The van der Waals surface area contributed by atoms with Crippen LogP contribution in [0.1, 0.15) is 33.1 Å². The average Bonchev–Trinajstić information content (AvgIpc) is 2.70. The summed E-state index contributed by atoms with van der Waals surface area (Å²) in [5.41, 5.74) is -1.65. The van der Waals surface area contributed by atoms with Crippen LogP contribution in [0, 0.1) is 23.7 Å². The second-order valence-corrected chi connectivity index (χ2v) is 9.52. The lowest BCUT2D eigenvalue weighted by Crippen LogP contribution is -2.60. The van der Waals surface area contributed by atoms with Crippen LogP contribution in [0.4, 0.5) is 0 Å². The topological polar surface area (TPSA) is 124 Å². The highest BCUT2D eigenvalue weighted by atomic mass is 16.6. The van der Waals surface area contributed by atoms with Gasteiger partial charge in [-0.1, -0.05) is 0 Å². The van der Waals surface area contributed by atoms with Crippen LogP contribution < -0.4 is 0 Å². The van der Waals surface area contributed by atoms with E-state index < -0.39 is 58.8 Å². The Hall–Kier alpha value is -3.04. The van der Waals surface area contributed by atoms with Crippen molar-refractivity contribution in [1.29, 1.82) is 0 Å². The van der Waals surface area contributed by atoms with Gasteiger partial charge in [0.2, 0.25) is 0 Å². The maximum absolute atomic E-state index is 12.6. The van der Waals surface area contributed by atoms with Gasteiger partial charge in [0.25, 0.3) is 0 Å². The Morgan fingerprint density at radius 1 is 0.667 bits per heavy atom. The normalized spacial score (nSPS) is 40.7. The number of cyclic esters (lactones) is 2. The third-order valence-corrected chi connectivity index (χ3v) is 7.18. The van der Waals surface area contributed by atoms with Crippen molar-refractivity contribution in [3.05, 3.63) is 23.7 Å². The van der Waals surface area contributed by atoms with Crippen LogP contribution in [0.3, 0.4) is 0 Å². The Morgan fingerprint density at radius 2 is 1.09 bits per heavy atom. The van der Waals surface area contributed by atoms with Crippen LogP contribution in [0.5, 0.6) is 0 Å². The molecule has 0 aromatic carbocycles. The molecule has 33 heavy (non-hydrogen) atoms. The first kappa shape index (κ1) is 21.8. The first-order valence-electron chi connectivity index (χ1n) is 11.2. The summed E-state index contributed by atoms with van der Waals surface area (Å²) in [6.07, 6.45) is 3.65. The first-order valence-corrected chi connectivity index (χ1v) is 11.2. The highest BCUT2D eigenvalue weighted by Gasteiger charge is 2.62. The number of ether oxygens (including phenoxy) is 6. The van der Waals surface area contributed by atoms with Crippen LogP contribution in [0.25, 0.3) is 0 Å². The second-order valence-electron chi connectivity index (χ2n) is 9.52. The minimum Gasteiger partial charge on any atom is -0.497 e. The molecule has 0 aromatic rings. The van der Waals surface area contributed by atoms with E-state index >= 15 is 0 Å². The van der Waals surface area contributed by atoms with Crippen LogP contribution >= 0.6 is 0 Å². The molecule has 0 spiro atoms. The predicted molar refractivity (Wildman–Crippen MR) is 107 cm³/mol. The van der Waals surface area contributed by atoms with E-state index in [1.807, 2.05) is 0 Å². The summed E-state index contributed by atoms with van der Waals surface area (Å²) >= 11 is 0. The summed E-state index contributed by atoms with van der Waals surface area (Å²) in [6.45, 7) is 3.83.